The topological polar surface area (TPSA) is 84.2 Å². The number of alkyl halides is 3. The maximum absolute atomic E-state index is 14.6. The lowest BCUT2D eigenvalue weighted by molar-refractivity contribution is -0.137. The second kappa shape index (κ2) is 8.76. The Morgan fingerprint density at radius 2 is 1.81 bits per heavy atom. The van der Waals surface area contributed by atoms with Crippen LogP contribution >= 0.6 is 0 Å². The summed E-state index contributed by atoms with van der Waals surface area (Å²) in [5.74, 6) is -2.92. The number of hydrogen-bond donors (Lipinski definition) is 2. The second-order valence-electron chi connectivity index (χ2n) is 10.3. The van der Waals surface area contributed by atoms with Crippen LogP contribution in [0.2, 0.25) is 0 Å². The fourth-order valence-electron chi connectivity index (χ4n) is 4.20. The number of rotatable bonds is 6. The molecule has 1 amide bonds. The number of nitrogens with zero attached hydrogens (tertiary/aromatic N) is 2. The molecule has 36 heavy (non-hydrogen) atoms. The fraction of sp³-hybridized carbons (Fsp3) is 0.346. The van der Waals surface area contributed by atoms with E-state index in [9.17, 15) is 32.3 Å². The molecule has 0 unspecified atom stereocenters. The Bertz CT molecular complexity index is 1330. The van der Waals surface area contributed by atoms with Gasteiger partial charge in [0.25, 0.3) is 0 Å². The molecule has 1 fully saturated rings. The van der Waals surface area contributed by atoms with Gasteiger partial charge in [-0.15, -0.1) is 0 Å². The van der Waals surface area contributed by atoms with E-state index >= 15 is 0 Å². The standard InChI is InChI=1S/C26H25F4N3O3/c1-24(2,3)14-33-13-15(12-31-33)18-6-5-17(11-19(18)22(34)35)32-23(36)25(8-9-25)20-7-4-16(10-21(20)27)26(28,29)30/h4-7,10-13H,8-9,14H2,1-3H3,(H,32,36)(H,34,35). The van der Waals surface area contributed by atoms with Crippen LogP contribution in [0.15, 0.2) is 48.8 Å². The van der Waals surface area contributed by atoms with Gasteiger partial charge in [-0.2, -0.15) is 18.3 Å². The normalized spacial score (nSPS) is 15.0. The Morgan fingerprint density at radius 1 is 1.11 bits per heavy atom. The lowest BCUT2D eigenvalue weighted by Crippen LogP contribution is -2.29. The summed E-state index contributed by atoms with van der Waals surface area (Å²) in [6, 6.07) is 6.51. The van der Waals surface area contributed by atoms with Crippen molar-refractivity contribution in [2.45, 2.75) is 51.7 Å². The highest BCUT2D eigenvalue weighted by Crippen LogP contribution is 2.50. The first-order valence-electron chi connectivity index (χ1n) is 11.3. The third kappa shape index (κ3) is 5.12. The summed E-state index contributed by atoms with van der Waals surface area (Å²) < 4.78 is 55.0. The number of carbonyl (C=O) groups excluding carboxylic acids is 1. The van der Waals surface area contributed by atoms with E-state index in [-0.39, 0.29) is 35.1 Å². The zero-order valence-corrected chi connectivity index (χ0v) is 19.9. The van der Waals surface area contributed by atoms with Crippen molar-refractivity contribution in [2.75, 3.05) is 5.32 Å². The van der Waals surface area contributed by atoms with Crippen molar-refractivity contribution in [3.63, 3.8) is 0 Å². The molecule has 4 rings (SSSR count). The SMILES string of the molecule is CC(C)(C)Cn1cc(-c2ccc(NC(=O)C3(c4ccc(C(F)(F)F)cc4F)CC3)cc2C(=O)O)cn1. The van der Waals surface area contributed by atoms with Crippen molar-refractivity contribution in [2.24, 2.45) is 5.41 Å². The molecule has 2 aromatic carbocycles. The van der Waals surface area contributed by atoms with Gasteiger partial charge in [0.2, 0.25) is 5.91 Å². The number of hydrogen-bond acceptors (Lipinski definition) is 3. The number of halogens is 4. The fourth-order valence-corrected chi connectivity index (χ4v) is 4.20. The molecule has 0 aliphatic heterocycles. The van der Waals surface area contributed by atoms with Crippen LogP contribution in [0.5, 0.6) is 0 Å². The smallest absolute Gasteiger partial charge is 0.416 e. The van der Waals surface area contributed by atoms with Gasteiger partial charge < -0.3 is 10.4 Å². The maximum Gasteiger partial charge on any atom is 0.416 e. The Hall–Kier alpha value is -3.69. The number of amides is 1. The average Bonchev–Trinajstić information content (AvgIpc) is 3.45. The van der Waals surface area contributed by atoms with Crippen molar-refractivity contribution >= 4 is 17.6 Å². The van der Waals surface area contributed by atoms with Gasteiger partial charge in [0.1, 0.15) is 5.82 Å². The number of nitrogens with one attached hydrogen (secondary N) is 1. The number of aromatic carboxylic acids is 1. The largest absolute Gasteiger partial charge is 0.478 e. The molecule has 1 aliphatic rings. The molecule has 2 N–H and O–H groups in total. The number of carboxylic acids is 1. The number of carboxylic acid groups (broad SMARTS) is 1. The Morgan fingerprint density at radius 3 is 2.36 bits per heavy atom. The van der Waals surface area contributed by atoms with E-state index in [1.807, 2.05) is 0 Å². The first-order chi connectivity index (χ1) is 16.7. The number of anilines is 1. The van der Waals surface area contributed by atoms with Crippen molar-refractivity contribution in [3.8, 4) is 11.1 Å². The summed E-state index contributed by atoms with van der Waals surface area (Å²) in [5.41, 5.74) is -1.45. The molecule has 0 saturated heterocycles. The third-order valence-electron chi connectivity index (χ3n) is 6.09. The highest BCUT2D eigenvalue weighted by molar-refractivity contribution is 6.03. The summed E-state index contributed by atoms with van der Waals surface area (Å²) in [6.45, 7) is 6.79. The maximum atomic E-state index is 14.6. The highest BCUT2D eigenvalue weighted by Gasteiger charge is 2.53. The molecule has 1 aliphatic carbocycles. The molecule has 0 radical (unpaired) electrons. The molecule has 10 heteroatoms. The van der Waals surface area contributed by atoms with Crippen LogP contribution in [0.4, 0.5) is 23.2 Å². The first-order valence-corrected chi connectivity index (χ1v) is 11.3. The van der Waals surface area contributed by atoms with Crippen LogP contribution in [0.1, 0.15) is 55.1 Å². The number of carbonyl (C=O) groups is 2. The Labute approximate surface area is 204 Å². The molecule has 0 atom stereocenters. The van der Waals surface area contributed by atoms with E-state index in [2.05, 4.69) is 31.2 Å². The van der Waals surface area contributed by atoms with E-state index in [1.54, 1.807) is 23.1 Å². The quantitative estimate of drug-likeness (QED) is 0.397. The summed E-state index contributed by atoms with van der Waals surface area (Å²) >= 11 is 0. The molecule has 0 spiro atoms. The summed E-state index contributed by atoms with van der Waals surface area (Å²) in [7, 11) is 0. The lowest BCUT2D eigenvalue weighted by Gasteiger charge is -2.18. The van der Waals surface area contributed by atoms with Crippen molar-refractivity contribution in [1.29, 1.82) is 0 Å². The summed E-state index contributed by atoms with van der Waals surface area (Å²) in [4.78, 5) is 25.0. The minimum absolute atomic E-state index is 0.0294. The van der Waals surface area contributed by atoms with E-state index in [0.717, 1.165) is 12.1 Å². The Kier molecular flexibility index (Phi) is 6.18. The van der Waals surface area contributed by atoms with Crippen LogP contribution in [-0.2, 0) is 22.9 Å². The molecule has 1 aromatic heterocycles. The van der Waals surface area contributed by atoms with Gasteiger partial charge in [0, 0.05) is 29.6 Å². The molecule has 190 valence electrons. The summed E-state index contributed by atoms with van der Waals surface area (Å²) in [6.07, 6.45) is -0.858. The van der Waals surface area contributed by atoms with Gasteiger partial charge in [-0.05, 0) is 48.1 Å². The zero-order chi connectivity index (χ0) is 26.5. The summed E-state index contributed by atoms with van der Waals surface area (Å²) in [5, 5.41) is 16.7. The molecule has 1 heterocycles. The predicted octanol–water partition coefficient (Wildman–Crippen LogP) is 6.12. The highest BCUT2D eigenvalue weighted by atomic mass is 19.4. The van der Waals surface area contributed by atoms with E-state index in [1.165, 1.54) is 12.1 Å². The molecular weight excluding hydrogens is 478 g/mol. The van der Waals surface area contributed by atoms with E-state index in [4.69, 9.17) is 0 Å². The molecule has 3 aromatic rings. The van der Waals surface area contributed by atoms with Gasteiger partial charge in [-0.25, -0.2) is 9.18 Å². The first kappa shape index (κ1) is 25.4. The van der Waals surface area contributed by atoms with Crippen LogP contribution < -0.4 is 5.32 Å². The minimum atomic E-state index is -4.70. The monoisotopic (exact) mass is 503 g/mol. The van der Waals surface area contributed by atoms with Crippen molar-refractivity contribution < 1.29 is 32.3 Å². The molecule has 6 nitrogen and oxygen atoms in total. The minimum Gasteiger partial charge on any atom is -0.478 e. The zero-order valence-electron chi connectivity index (χ0n) is 19.9. The van der Waals surface area contributed by atoms with E-state index < -0.39 is 34.8 Å². The van der Waals surface area contributed by atoms with Crippen LogP contribution in [0.25, 0.3) is 11.1 Å². The van der Waals surface area contributed by atoms with Crippen molar-refractivity contribution in [1.82, 2.24) is 9.78 Å². The lowest BCUT2D eigenvalue weighted by atomic mass is 9.93. The predicted molar refractivity (Wildman–Crippen MR) is 125 cm³/mol. The van der Waals surface area contributed by atoms with Gasteiger partial charge in [-0.3, -0.25) is 9.48 Å². The Balaban J connectivity index is 1.59. The van der Waals surface area contributed by atoms with Crippen LogP contribution in [0, 0.1) is 11.2 Å². The van der Waals surface area contributed by atoms with Crippen LogP contribution in [0.3, 0.4) is 0 Å². The molecule has 1 saturated carbocycles. The van der Waals surface area contributed by atoms with Gasteiger partial charge in [0.15, 0.2) is 0 Å². The second-order valence-corrected chi connectivity index (χ2v) is 10.3. The number of aromatic nitrogens is 2. The van der Waals surface area contributed by atoms with Gasteiger partial charge >= 0.3 is 12.1 Å². The average molecular weight is 503 g/mol. The van der Waals surface area contributed by atoms with Gasteiger partial charge in [-0.1, -0.05) is 32.9 Å². The van der Waals surface area contributed by atoms with E-state index in [0.29, 0.717) is 23.7 Å². The van der Waals surface area contributed by atoms with Crippen LogP contribution in [-0.4, -0.2) is 26.8 Å². The van der Waals surface area contributed by atoms with Crippen molar-refractivity contribution in [3.05, 3.63) is 71.3 Å². The molecule has 0 bridgehead atoms. The third-order valence-corrected chi connectivity index (χ3v) is 6.09. The number of benzene rings is 2. The molecular formula is C26H25F4N3O3. The van der Waals surface area contributed by atoms with Gasteiger partial charge in [0.05, 0.1) is 22.7 Å².